The van der Waals surface area contributed by atoms with Gasteiger partial charge in [0.25, 0.3) is 0 Å². The fraction of sp³-hybridized carbons (Fsp3) is 1.00. The Morgan fingerprint density at radius 3 is 2.47 bits per heavy atom. The van der Waals surface area contributed by atoms with Crippen LogP contribution in [0.2, 0.25) is 0 Å². The van der Waals surface area contributed by atoms with Crippen molar-refractivity contribution in [1.29, 1.82) is 0 Å². The Bertz CT molecular complexity index is 246. The Labute approximate surface area is 112 Å². The minimum atomic E-state index is 0.326. The molecule has 4 unspecified atom stereocenters. The molecule has 2 fully saturated rings. The maximum Gasteiger partial charge on any atom is 0.0238 e. The summed E-state index contributed by atoms with van der Waals surface area (Å²) in [5, 5.41) is 3.80. The molecular weight excluding hydrogens is 230 g/mol. The summed E-state index contributed by atoms with van der Waals surface area (Å²) in [7, 11) is 0. The SMILES string of the molecule is CC(C)(C)C(CCCl)NCC1CC2CCC1C2. The summed E-state index contributed by atoms with van der Waals surface area (Å²) in [4.78, 5) is 0. The first-order valence-corrected chi connectivity index (χ1v) is 7.83. The molecule has 2 heteroatoms. The summed E-state index contributed by atoms with van der Waals surface area (Å²) in [5.41, 5.74) is 0.326. The number of alkyl halides is 1. The maximum absolute atomic E-state index is 5.92. The fourth-order valence-corrected chi connectivity index (χ4v) is 4.09. The fourth-order valence-electron chi connectivity index (χ4n) is 3.87. The van der Waals surface area contributed by atoms with Crippen LogP contribution in [0.3, 0.4) is 0 Å². The minimum Gasteiger partial charge on any atom is -0.313 e. The maximum atomic E-state index is 5.92. The third-order valence-electron chi connectivity index (χ3n) is 4.95. The van der Waals surface area contributed by atoms with Crippen molar-refractivity contribution >= 4 is 11.6 Å². The van der Waals surface area contributed by atoms with Crippen LogP contribution in [0.4, 0.5) is 0 Å². The van der Waals surface area contributed by atoms with E-state index in [1.165, 1.54) is 32.2 Å². The number of hydrogen-bond acceptors (Lipinski definition) is 1. The summed E-state index contributed by atoms with van der Waals surface area (Å²) in [6.45, 7) is 8.17. The molecule has 0 aromatic rings. The highest BCUT2D eigenvalue weighted by molar-refractivity contribution is 6.17. The van der Waals surface area contributed by atoms with Crippen molar-refractivity contribution < 1.29 is 0 Å². The first-order chi connectivity index (χ1) is 8.00. The van der Waals surface area contributed by atoms with E-state index in [2.05, 4.69) is 26.1 Å². The van der Waals surface area contributed by atoms with Gasteiger partial charge in [0.15, 0.2) is 0 Å². The number of rotatable bonds is 5. The topological polar surface area (TPSA) is 12.0 Å². The van der Waals surface area contributed by atoms with Crippen molar-refractivity contribution in [1.82, 2.24) is 5.32 Å². The quantitative estimate of drug-likeness (QED) is 0.733. The van der Waals surface area contributed by atoms with Crippen molar-refractivity contribution in [2.45, 2.75) is 58.9 Å². The molecular formula is C15H28ClN. The first kappa shape index (κ1) is 13.7. The summed E-state index contributed by atoms with van der Waals surface area (Å²) in [5.74, 6) is 3.82. The van der Waals surface area contributed by atoms with Gasteiger partial charge >= 0.3 is 0 Å². The van der Waals surface area contributed by atoms with E-state index in [1.807, 2.05) is 0 Å². The highest BCUT2D eigenvalue weighted by atomic mass is 35.5. The Morgan fingerprint density at radius 2 is 2.00 bits per heavy atom. The number of nitrogens with one attached hydrogen (secondary N) is 1. The van der Waals surface area contributed by atoms with Gasteiger partial charge in [0.2, 0.25) is 0 Å². The molecule has 0 saturated heterocycles. The van der Waals surface area contributed by atoms with Gasteiger partial charge in [0.1, 0.15) is 0 Å². The van der Waals surface area contributed by atoms with Gasteiger partial charge in [0.05, 0.1) is 0 Å². The average Bonchev–Trinajstić information content (AvgIpc) is 2.83. The molecule has 1 N–H and O–H groups in total. The van der Waals surface area contributed by atoms with Gasteiger partial charge < -0.3 is 5.32 Å². The van der Waals surface area contributed by atoms with Crippen molar-refractivity contribution in [2.24, 2.45) is 23.2 Å². The van der Waals surface area contributed by atoms with Crippen molar-refractivity contribution in [3.63, 3.8) is 0 Å². The van der Waals surface area contributed by atoms with E-state index < -0.39 is 0 Å². The van der Waals surface area contributed by atoms with Gasteiger partial charge in [-0.25, -0.2) is 0 Å². The second-order valence-electron chi connectivity index (χ2n) is 7.24. The molecule has 0 aliphatic heterocycles. The van der Waals surface area contributed by atoms with Crippen LogP contribution >= 0.6 is 11.6 Å². The van der Waals surface area contributed by atoms with Crippen molar-refractivity contribution in [2.75, 3.05) is 12.4 Å². The second-order valence-corrected chi connectivity index (χ2v) is 7.62. The van der Waals surface area contributed by atoms with Crippen LogP contribution in [0.15, 0.2) is 0 Å². The first-order valence-electron chi connectivity index (χ1n) is 7.30. The lowest BCUT2D eigenvalue weighted by Crippen LogP contribution is -2.43. The lowest BCUT2D eigenvalue weighted by molar-refractivity contribution is 0.229. The van der Waals surface area contributed by atoms with Gasteiger partial charge in [-0.3, -0.25) is 0 Å². The van der Waals surface area contributed by atoms with E-state index in [1.54, 1.807) is 0 Å². The Morgan fingerprint density at radius 1 is 1.24 bits per heavy atom. The minimum absolute atomic E-state index is 0.326. The van der Waals surface area contributed by atoms with Gasteiger partial charge in [0, 0.05) is 11.9 Å². The van der Waals surface area contributed by atoms with Gasteiger partial charge in [-0.2, -0.15) is 0 Å². The summed E-state index contributed by atoms with van der Waals surface area (Å²) in [6, 6.07) is 0.569. The molecule has 2 saturated carbocycles. The summed E-state index contributed by atoms with van der Waals surface area (Å²) < 4.78 is 0. The van der Waals surface area contributed by atoms with Crippen LogP contribution in [0, 0.1) is 23.2 Å². The van der Waals surface area contributed by atoms with Crippen molar-refractivity contribution in [3.8, 4) is 0 Å². The molecule has 0 heterocycles. The second kappa shape index (κ2) is 5.48. The third-order valence-corrected chi connectivity index (χ3v) is 5.17. The third kappa shape index (κ3) is 3.38. The highest BCUT2D eigenvalue weighted by Gasteiger charge is 2.39. The van der Waals surface area contributed by atoms with Crippen LogP contribution in [0.1, 0.15) is 52.9 Å². The monoisotopic (exact) mass is 257 g/mol. The molecule has 2 aliphatic rings. The van der Waals surface area contributed by atoms with E-state index in [9.17, 15) is 0 Å². The van der Waals surface area contributed by atoms with Crippen molar-refractivity contribution in [3.05, 3.63) is 0 Å². The lowest BCUT2D eigenvalue weighted by atomic mass is 9.83. The molecule has 2 bridgehead atoms. The lowest BCUT2D eigenvalue weighted by Gasteiger charge is -2.33. The largest absolute Gasteiger partial charge is 0.313 e. The molecule has 2 aliphatic carbocycles. The number of hydrogen-bond donors (Lipinski definition) is 1. The highest BCUT2D eigenvalue weighted by Crippen LogP contribution is 2.48. The zero-order valence-corrected chi connectivity index (χ0v) is 12.4. The van der Waals surface area contributed by atoms with Crippen LogP contribution in [-0.2, 0) is 0 Å². The summed E-state index contributed by atoms with van der Waals surface area (Å²) in [6.07, 6.45) is 7.08. The van der Waals surface area contributed by atoms with Crippen LogP contribution in [0.25, 0.3) is 0 Å². The molecule has 0 aromatic carbocycles. The molecule has 4 atom stereocenters. The number of fused-ring (bicyclic) bond motifs is 2. The van der Waals surface area contributed by atoms with E-state index in [0.717, 1.165) is 30.1 Å². The molecule has 1 nitrogen and oxygen atoms in total. The molecule has 0 amide bonds. The zero-order chi connectivity index (χ0) is 12.5. The number of halogens is 1. The molecule has 17 heavy (non-hydrogen) atoms. The van der Waals surface area contributed by atoms with E-state index in [0.29, 0.717) is 11.5 Å². The molecule has 100 valence electrons. The molecule has 0 aromatic heterocycles. The molecule has 0 spiro atoms. The zero-order valence-electron chi connectivity index (χ0n) is 11.6. The van der Waals surface area contributed by atoms with E-state index >= 15 is 0 Å². The van der Waals surface area contributed by atoms with Gasteiger partial charge in [-0.05, 0) is 55.4 Å². The van der Waals surface area contributed by atoms with Crippen LogP contribution < -0.4 is 5.32 Å². The normalized spacial score (nSPS) is 34.2. The standard InChI is InChI=1S/C15H28ClN/c1-15(2,3)14(6-7-16)17-10-13-9-11-4-5-12(13)8-11/h11-14,17H,4-10H2,1-3H3. The Kier molecular flexibility index (Phi) is 4.41. The Hall–Kier alpha value is 0.250. The van der Waals surface area contributed by atoms with E-state index in [-0.39, 0.29) is 0 Å². The Balaban J connectivity index is 1.79. The van der Waals surface area contributed by atoms with Gasteiger partial charge in [-0.15, -0.1) is 11.6 Å². The summed E-state index contributed by atoms with van der Waals surface area (Å²) >= 11 is 5.92. The van der Waals surface area contributed by atoms with Crippen LogP contribution in [0.5, 0.6) is 0 Å². The van der Waals surface area contributed by atoms with Gasteiger partial charge in [-0.1, -0.05) is 27.2 Å². The predicted molar refractivity (Wildman–Crippen MR) is 75.5 cm³/mol. The predicted octanol–water partition coefficient (Wildman–Crippen LogP) is 4.06. The molecule has 0 radical (unpaired) electrons. The average molecular weight is 258 g/mol. The molecule has 2 rings (SSSR count). The smallest absolute Gasteiger partial charge is 0.0238 e. The van der Waals surface area contributed by atoms with Crippen LogP contribution in [-0.4, -0.2) is 18.5 Å². The van der Waals surface area contributed by atoms with E-state index in [4.69, 9.17) is 11.6 Å².